The third-order valence-electron chi connectivity index (χ3n) is 3.26. The summed E-state index contributed by atoms with van der Waals surface area (Å²) >= 11 is 1.30. The quantitative estimate of drug-likeness (QED) is 0.584. The maximum absolute atomic E-state index is 12.8. The second-order valence-electron chi connectivity index (χ2n) is 8.20. The van der Waals surface area contributed by atoms with E-state index in [0.717, 1.165) is 5.56 Å². The molecular weight excluding hydrogens is 394 g/mol. The van der Waals surface area contributed by atoms with Gasteiger partial charge < -0.3 is 14.3 Å². The van der Waals surface area contributed by atoms with Crippen molar-refractivity contribution in [2.24, 2.45) is 0 Å². The first kappa shape index (κ1) is 22.4. The molecule has 8 heteroatoms. The SMILES string of the molecule is CC(C)(C)OC(=O)N(OC(=O)c1cscc1-c1ccccc1)C(=O)OC(C)(C)C. The zero-order chi connectivity index (χ0) is 21.8. The number of imide groups is 1. The molecule has 0 fully saturated rings. The van der Waals surface area contributed by atoms with E-state index in [-0.39, 0.29) is 10.6 Å². The molecule has 0 saturated heterocycles. The van der Waals surface area contributed by atoms with E-state index < -0.39 is 29.4 Å². The number of rotatable bonds is 2. The van der Waals surface area contributed by atoms with Crippen LogP contribution in [0.25, 0.3) is 11.1 Å². The van der Waals surface area contributed by atoms with Gasteiger partial charge in [0, 0.05) is 10.9 Å². The second kappa shape index (κ2) is 8.65. The Morgan fingerprint density at radius 2 is 1.34 bits per heavy atom. The van der Waals surface area contributed by atoms with E-state index in [9.17, 15) is 14.4 Å². The molecule has 2 amide bonds. The van der Waals surface area contributed by atoms with Crippen molar-refractivity contribution in [1.29, 1.82) is 0 Å². The van der Waals surface area contributed by atoms with Crippen LogP contribution >= 0.6 is 11.3 Å². The Hall–Kier alpha value is -2.87. The molecule has 0 bridgehead atoms. The normalized spacial score (nSPS) is 11.5. The predicted molar refractivity (Wildman–Crippen MR) is 109 cm³/mol. The van der Waals surface area contributed by atoms with Gasteiger partial charge in [-0.25, -0.2) is 14.4 Å². The molecule has 0 radical (unpaired) electrons. The van der Waals surface area contributed by atoms with Crippen molar-refractivity contribution >= 4 is 29.5 Å². The van der Waals surface area contributed by atoms with Gasteiger partial charge in [-0.1, -0.05) is 30.3 Å². The van der Waals surface area contributed by atoms with Gasteiger partial charge in [-0.05, 0) is 57.5 Å². The average Bonchev–Trinajstić information content (AvgIpc) is 3.06. The highest BCUT2D eigenvalue weighted by Gasteiger charge is 2.35. The summed E-state index contributed by atoms with van der Waals surface area (Å²) in [6, 6.07) is 9.24. The Balaban J connectivity index is 2.29. The van der Waals surface area contributed by atoms with Crippen LogP contribution in [0.3, 0.4) is 0 Å². The lowest BCUT2D eigenvalue weighted by Crippen LogP contribution is -2.44. The summed E-state index contributed by atoms with van der Waals surface area (Å²) in [5, 5.41) is 3.59. The number of thiophene rings is 1. The molecular formula is C21H25NO6S. The van der Waals surface area contributed by atoms with Crippen LogP contribution in [0, 0.1) is 0 Å². The number of nitrogens with zero attached hydrogens (tertiary/aromatic N) is 1. The van der Waals surface area contributed by atoms with Gasteiger partial charge in [0.25, 0.3) is 0 Å². The third kappa shape index (κ3) is 6.60. The monoisotopic (exact) mass is 419 g/mol. The molecule has 0 aliphatic heterocycles. The van der Waals surface area contributed by atoms with Crippen LogP contribution in [0.4, 0.5) is 9.59 Å². The van der Waals surface area contributed by atoms with Crippen molar-refractivity contribution in [3.63, 3.8) is 0 Å². The van der Waals surface area contributed by atoms with Crippen molar-refractivity contribution in [1.82, 2.24) is 5.06 Å². The minimum Gasteiger partial charge on any atom is -0.441 e. The highest BCUT2D eigenvalue weighted by atomic mass is 32.1. The molecule has 0 N–H and O–H groups in total. The van der Waals surface area contributed by atoms with Crippen LogP contribution in [0.2, 0.25) is 0 Å². The molecule has 0 unspecified atom stereocenters. The molecule has 1 aromatic carbocycles. The van der Waals surface area contributed by atoms with Gasteiger partial charge in [-0.15, -0.1) is 0 Å². The lowest BCUT2D eigenvalue weighted by atomic mass is 10.1. The van der Waals surface area contributed by atoms with E-state index >= 15 is 0 Å². The predicted octanol–water partition coefficient (Wildman–Crippen LogP) is 5.66. The smallest absolute Gasteiger partial charge is 0.441 e. The molecule has 2 aromatic rings. The van der Waals surface area contributed by atoms with Crippen molar-refractivity contribution in [2.45, 2.75) is 52.7 Å². The van der Waals surface area contributed by atoms with E-state index in [4.69, 9.17) is 14.3 Å². The standard InChI is InChI=1S/C21H25NO6S/c1-20(2,3)26-18(24)22(19(25)27-21(4,5)6)28-17(23)16-13-29-12-15(16)14-10-8-7-9-11-14/h7-13H,1-6H3. The number of benzene rings is 1. The highest BCUT2D eigenvalue weighted by molar-refractivity contribution is 7.08. The summed E-state index contributed by atoms with van der Waals surface area (Å²) in [5.41, 5.74) is -0.142. The third-order valence-corrected chi connectivity index (χ3v) is 4.00. The number of carbonyl (C=O) groups is 3. The average molecular weight is 419 g/mol. The first-order valence-electron chi connectivity index (χ1n) is 8.97. The zero-order valence-corrected chi connectivity index (χ0v) is 18.2. The van der Waals surface area contributed by atoms with Crippen LogP contribution in [-0.4, -0.2) is 34.4 Å². The Morgan fingerprint density at radius 3 is 1.83 bits per heavy atom. The molecule has 156 valence electrons. The van der Waals surface area contributed by atoms with Crippen LogP contribution in [0.1, 0.15) is 51.9 Å². The Kier molecular flexibility index (Phi) is 6.69. The molecule has 0 saturated carbocycles. The zero-order valence-electron chi connectivity index (χ0n) is 17.3. The van der Waals surface area contributed by atoms with E-state index in [1.807, 2.05) is 30.3 Å². The Morgan fingerprint density at radius 1 is 0.828 bits per heavy atom. The van der Waals surface area contributed by atoms with Gasteiger partial charge in [0.2, 0.25) is 0 Å². The minimum absolute atomic E-state index is 0.214. The van der Waals surface area contributed by atoms with Gasteiger partial charge in [0.05, 0.1) is 5.56 Å². The molecule has 29 heavy (non-hydrogen) atoms. The fourth-order valence-corrected chi connectivity index (χ4v) is 3.01. The lowest BCUT2D eigenvalue weighted by molar-refractivity contribution is -0.106. The van der Waals surface area contributed by atoms with Crippen molar-refractivity contribution in [3.05, 3.63) is 46.7 Å². The molecule has 2 rings (SSSR count). The van der Waals surface area contributed by atoms with Crippen molar-refractivity contribution < 1.29 is 28.7 Å². The van der Waals surface area contributed by atoms with Crippen LogP contribution in [0.15, 0.2) is 41.1 Å². The highest BCUT2D eigenvalue weighted by Crippen LogP contribution is 2.28. The van der Waals surface area contributed by atoms with Gasteiger partial charge in [0.1, 0.15) is 11.2 Å². The number of carbonyl (C=O) groups excluding carboxylic acids is 3. The summed E-state index contributed by atoms with van der Waals surface area (Å²) in [6.45, 7) is 9.79. The number of ether oxygens (including phenoxy) is 2. The fraction of sp³-hybridized carbons (Fsp3) is 0.381. The van der Waals surface area contributed by atoms with Crippen LogP contribution in [-0.2, 0) is 14.3 Å². The minimum atomic E-state index is -1.14. The van der Waals surface area contributed by atoms with Crippen LogP contribution in [0.5, 0.6) is 0 Å². The van der Waals surface area contributed by atoms with E-state index in [2.05, 4.69) is 0 Å². The van der Waals surface area contributed by atoms with Crippen molar-refractivity contribution in [2.75, 3.05) is 0 Å². The van der Waals surface area contributed by atoms with Gasteiger partial charge in [-0.2, -0.15) is 11.3 Å². The Labute approximate surface area is 174 Å². The molecule has 1 heterocycles. The molecule has 7 nitrogen and oxygen atoms in total. The summed E-state index contributed by atoms with van der Waals surface area (Å²) in [5.74, 6) is -0.873. The molecule has 0 atom stereocenters. The second-order valence-corrected chi connectivity index (χ2v) is 8.94. The molecule has 0 aliphatic carbocycles. The molecule has 0 spiro atoms. The number of hydrogen-bond acceptors (Lipinski definition) is 7. The number of hydrogen-bond donors (Lipinski definition) is 0. The molecule has 0 aliphatic rings. The van der Waals surface area contributed by atoms with Crippen LogP contribution < -0.4 is 0 Å². The summed E-state index contributed by atoms with van der Waals surface area (Å²) < 4.78 is 10.4. The lowest BCUT2D eigenvalue weighted by Gasteiger charge is -2.27. The number of amides is 2. The maximum atomic E-state index is 12.8. The van der Waals surface area contributed by atoms with E-state index in [1.165, 1.54) is 11.3 Å². The van der Waals surface area contributed by atoms with E-state index in [1.54, 1.807) is 52.3 Å². The number of hydroxylamine groups is 2. The summed E-state index contributed by atoms with van der Waals surface area (Å²) in [7, 11) is 0. The van der Waals surface area contributed by atoms with E-state index in [0.29, 0.717) is 5.56 Å². The van der Waals surface area contributed by atoms with Gasteiger partial charge >= 0.3 is 18.2 Å². The largest absolute Gasteiger partial charge is 0.454 e. The summed E-state index contributed by atoms with van der Waals surface area (Å²) in [4.78, 5) is 42.9. The van der Waals surface area contributed by atoms with Gasteiger partial charge in [0.15, 0.2) is 0 Å². The topological polar surface area (TPSA) is 82.1 Å². The summed E-state index contributed by atoms with van der Waals surface area (Å²) in [6.07, 6.45) is -2.28. The van der Waals surface area contributed by atoms with Gasteiger partial charge in [-0.3, -0.25) is 0 Å². The Bertz CT molecular complexity index is 849. The first-order chi connectivity index (χ1) is 13.4. The molecule has 1 aromatic heterocycles. The maximum Gasteiger partial charge on any atom is 0.454 e. The fourth-order valence-electron chi connectivity index (χ4n) is 2.18. The first-order valence-corrected chi connectivity index (χ1v) is 9.92. The van der Waals surface area contributed by atoms with Crippen molar-refractivity contribution in [3.8, 4) is 11.1 Å².